The summed E-state index contributed by atoms with van der Waals surface area (Å²) in [5.41, 5.74) is 2.53. The topological polar surface area (TPSA) is 87.2 Å². The number of aliphatic imine (C=N–C) groups is 1. The Morgan fingerprint density at radius 2 is 1.56 bits per heavy atom. The average molecular weight is 563 g/mol. The van der Waals surface area contributed by atoms with Crippen molar-refractivity contribution in [1.29, 1.82) is 0 Å². The van der Waals surface area contributed by atoms with Crippen LogP contribution in [0, 0.1) is 0 Å². The fourth-order valence-electron chi connectivity index (χ4n) is 4.61. The maximum Gasteiger partial charge on any atom is 0.494 e. The molecule has 4 aromatic rings. The van der Waals surface area contributed by atoms with Crippen LogP contribution >= 0.6 is 0 Å². The van der Waals surface area contributed by atoms with E-state index in [4.69, 9.17) is 14.3 Å². The van der Waals surface area contributed by atoms with E-state index in [-0.39, 0.29) is 11.6 Å². The molecular weight excluding hydrogens is 534 g/mol. The Kier molecular flexibility index (Phi) is 6.99. The zero-order valence-electron chi connectivity index (χ0n) is 23.2. The molecule has 0 atom stereocenters. The maximum absolute atomic E-state index is 12.9. The molecule has 1 aliphatic rings. The highest BCUT2D eigenvalue weighted by Gasteiger charge is 2.51. The molecule has 0 bridgehead atoms. The zero-order valence-corrected chi connectivity index (χ0v) is 23.2. The van der Waals surface area contributed by atoms with E-state index in [0.717, 1.165) is 12.5 Å². The van der Waals surface area contributed by atoms with Crippen LogP contribution < -0.4 is 10.4 Å². The number of hydrogen-bond donors (Lipinski definition) is 2. The average Bonchev–Trinajstić information content (AvgIpc) is 3.36. The first-order valence-corrected chi connectivity index (χ1v) is 13.0. The van der Waals surface area contributed by atoms with Crippen LogP contribution in [0.25, 0.3) is 10.9 Å². The third-order valence-corrected chi connectivity index (χ3v) is 7.64. The van der Waals surface area contributed by atoms with Crippen LogP contribution in [-0.4, -0.2) is 53.3 Å². The third kappa shape index (κ3) is 5.34. The van der Waals surface area contributed by atoms with Gasteiger partial charge < -0.3 is 24.3 Å². The Bertz CT molecular complexity index is 1610. The van der Waals surface area contributed by atoms with E-state index in [1.165, 1.54) is 24.3 Å². The number of halogens is 3. The second-order valence-corrected chi connectivity index (χ2v) is 10.9. The number of hydrogen-bond acceptors (Lipinski definition) is 5. The van der Waals surface area contributed by atoms with E-state index in [1.807, 2.05) is 76.2 Å². The summed E-state index contributed by atoms with van der Waals surface area (Å²) >= 11 is 0. The van der Waals surface area contributed by atoms with Crippen molar-refractivity contribution < 1.29 is 32.4 Å². The number of alkyl halides is 3. The van der Waals surface area contributed by atoms with Crippen LogP contribution in [0.3, 0.4) is 0 Å². The van der Waals surface area contributed by atoms with Crippen molar-refractivity contribution >= 4 is 46.5 Å². The summed E-state index contributed by atoms with van der Waals surface area (Å²) in [6, 6.07) is 20.6. The summed E-state index contributed by atoms with van der Waals surface area (Å²) in [6.45, 7) is 7.91. The lowest BCUT2D eigenvalue weighted by Gasteiger charge is -2.32. The standard InChI is InChI=1S/C30H29BF3N3O4/c1-28(2)29(3,4)41-31(40-28)19-11-16-22-23(17-19)36-26(38)24(22)25(18-9-7-6-8-10-18)35-20-12-14-21(15-13-20)37(5)27(39)30(32,33)34/h6-17,36,38H,1-5H3. The SMILES string of the molecule is CN(C(=O)C(F)(F)F)c1ccc(N=C(c2ccccc2)c2c(O)[nH]c3cc(B4OC(C)(C)C(C)(C)O4)ccc23)cc1. The van der Waals surface area contributed by atoms with Crippen LogP contribution in [0.15, 0.2) is 77.8 Å². The quantitative estimate of drug-likeness (QED) is 0.235. The Hall–Kier alpha value is -4.09. The molecular formula is C30H29BF3N3O4. The summed E-state index contributed by atoms with van der Waals surface area (Å²) in [4.78, 5) is 20.0. The third-order valence-electron chi connectivity index (χ3n) is 7.64. The van der Waals surface area contributed by atoms with E-state index < -0.39 is 30.4 Å². The number of carbonyl (C=O) groups excluding carboxylic acids is 1. The Morgan fingerprint density at radius 3 is 2.15 bits per heavy atom. The van der Waals surface area contributed by atoms with Gasteiger partial charge in [-0.1, -0.05) is 42.5 Å². The monoisotopic (exact) mass is 563 g/mol. The zero-order chi connectivity index (χ0) is 29.7. The molecule has 0 saturated carbocycles. The molecule has 0 spiro atoms. The summed E-state index contributed by atoms with van der Waals surface area (Å²) < 4.78 is 51.0. The molecule has 2 N–H and O–H groups in total. The lowest BCUT2D eigenvalue weighted by atomic mass is 9.78. The molecule has 1 fully saturated rings. The molecule has 1 aromatic heterocycles. The number of rotatable bonds is 5. The van der Waals surface area contributed by atoms with E-state index in [1.54, 1.807) is 0 Å². The summed E-state index contributed by atoms with van der Waals surface area (Å²) in [5.74, 6) is -2.07. The van der Waals surface area contributed by atoms with Gasteiger partial charge in [0.1, 0.15) is 0 Å². The Morgan fingerprint density at radius 1 is 0.951 bits per heavy atom. The van der Waals surface area contributed by atoms with Gasteiger partial charge in [-0.2, -0.15) is 13.2 Å². The predicted molar refractivity (Wildman–Crippen MR) is 153 cm³/mol. The van der Waals surface area contributed by atoms with Gasteiger partial charge in [-0.05, 0) is 63.5 Å². The van der Waals surface area contributed by atoms with Crippen molar-refractivity contribution in [3.8, 4) is 5.88 Å². The number of nitrogens with zero attached hydrogens (tertiary/aromatic N) is 2. The number of amides is 1. The van der Waals surface area contributed by atoms with Crippen molar-refractivity contribution in [1.82, 2.24) is 4.98 Å². The number of aromatic nitrogens is 1. The molecule has 212 valence electrons. The number of fused-ring (bicyclic) bond motifs is 1. The van der Waals surface area contributed by atoms with Gasteiger partial charge in [0, 0.05) is 29.2 Å². The lowest BCUT2D eigenvalue weighted by molar-refractivity contribution is -0.170. The van der Waals surface area contributed by atoms with Gasteiger partial charge in [-0.15, -0.1) is 0 Å². The number of anilines is 1. The molecule has 7 nitrogen and oxygen atoms in total. The van der Waals surface area contributed by atoms with Crippen LogP contribution in [0.1, 0.15) is 38.8 Å². The number of benzene rings is 3. The van der Waals surface area contributed by atoms with Gasteiger partial charge in [-0.25, -0.2) is 4.99 Å². The number of H-pyrrole nitrogens is 1. The minimum absolute atomic E-state index is 0.0673. The van der Waals surface area contributed by atoms with Crippen LogP contribution in [0.2, 0.25) is 0 Å². The molecule has 5 rings (SSSR count). The van der Waals surface area contributed by atoms with Crippen molar-refractivity contribution in [2.75, 3.05) is 11.9 Å². The van der Waals surface area contributed by atoms with E-state index >= 15 is 0 Å². The predicted octanol–water partition coefficient (Wildman–Crippen LogP) is 5.87. The van der Waals surface area contributed by atoms with Gasteiger partial charge in [0.05, 0.1) is 28.2 Å². The highest BCUT2D eigenvalue weighted by atomic mass is 19.4. The fraction of sp³-hybridized carbons (Fsp3) is 0.267. The van der Waals surface area contributed by atoms with Crippen molar-refractivity contribution in [3.05, 3.63) is 83.9 Å². The first-order chi connectivity index (χ1) is 19.2. The maximum atomic E-state index is 12.9. The van der Waals surface area contributed by atoms with Crippen molar-refractivity contribution in [2.24, 2.45) is 4.99 Å². The van der Waals surface area contributed by atoms with Gasteiger partial charge in [0.15, 0.2) is 5.88 Å². The molecule has 0 unspecified atom stereocenters. The van der Waals surface area contributed by atoms with Gasteiger partial charge in [-0.3, -0.25) is 4.79 Å². The van der Waals surface area contributed by atoms with Crippen molar-refractivity contribution in [3.63, 3.8) is 0 Å². The normalized spacial score (nSPS) is 16.8. The molecule has 11 heteroatoms. The number of aromatic amines is 1. The lowest BCUT2D eigenvalue weighted by Crippen LogP contribution is -2.41. The fourth-order valence-corrected chi connectivity index (χ4v) is 4.61. The Balaban J connectivity index is 1.55. The highest BCUT2D eigenvalue weighted by Crippen LogP contribution is 2.37. The molecule has 3 aromatic carbocycles. The largest absolute Gasteiger partial charge is 0.494 e. The molecule has 1 aliphatic heterocycles. The molecule has 2 heterocycles. The Labute approximate surface area is 235 Å². The van der Waals surface area contributed by atoms with Crippen LogP contribution in [0.4, 0.5) is 24.5 Å². The van der Waals surface area contributed by atoms with Gasteiger partial charge >= 0.3 is 19.2 Å². The van der Waals surface area contributed by atoms with Gasteiger partial charge in [0.25, 0.3) is 0 Å². The van der Waals surface area contributed by atoms with Crippen LogP contribution in [0.5, 0.6) is 5.88 Å². The van der Waals surface area contributed by atoms with Crippen molar-refractivity contribution in [2.45, 2.75) is 45.1 Å². The molecule has 1 saturated heterocycles. The number of nitrogens with one attached hydrogen (secondary N) is 1. The second-order valence-electron chi connectivity index (χ2n) is 10.9. The molecule has 0 aliphatic carbocycles. The minimum Gasteiger partial charge on any atom is -0.494 e. The summed E-state index contributed by atoms with van der Waals surface area (Å²) in [7, 11) is 0.479. The van der Waals surface area contributed by atoms with E-state index in [0.29, 0.717) is 38.3 Å². The minimum atomic E-state index is -4.98. The first-order valence-electron chi connectivity index (χ1n) is 13.0. The molecule has 1 amide bonds. The van der Waals surface area contributed by atoms with Gasteiger partial charge in [0.2, 0.25) is 0 Å². The second kappa shape index (κ2) is 10.1. The number of aromatic hydroxyl groups is 1. The van der Waals surface area contributed by atoms with Crippen LogP contribution in [-0.2, 0) is 14.1 Å². The molecule has 0 radical (unpaired) electrons. The number of carbonyl (C=O) groups is 1. The summed E-state index contributed by atoms with van der Waals surface area (Å²) in [5, 5.41) is 11.8. The van der Waals surface area contributed by atoms with E-state index in [9.17, 15) is 23.1 Å². The smallest absolute Gasteiger partial charge is 0.494 e. The molecule has 41 heavy (non-hydrogen) atoms. The highest BCUT2D eigenvalue weighted by molar-refractivity contribution is 6.62. The first kappa shape index (κ1) is 28.4. The van der Waals surface area contributed by atoms with E-state index in [2.05, 4.69) is 4.98 Å². The summed E-state index contributed by atoms with van der Waals surface area (Å²) in [6.07, 6.45) is -4.98.